The van der Waals surface area contributed by atoms with Gasteiger partial charge in [0.2, 0.25) is 0 Å². The summed E-state index contributed by atoms with van der Waals surface area (Å²) in [4.78, 5) is 0. The van der Waals surface area contributed by atoms with Crippen LogP contribution in [0, 0.1) is 34.0 Å². The molecule has 0 aromatic heterocycles. The normalized spacial score (nSPS) is 17.7. The molecule has 2 aromatic carbocycles. The topological polar surface area (TPSA) is 47.6 Å². The van der Waals surface area contributed by atoms with Crippen molar-refractivity contribution in [3.05, 3.63) is 102 Å². The van der Waals surface area contributed by atoms with Gasteiger partial charge in [0.25, 0.3) is 0 Å². The first-order valence-corrected chi connectivity index (χ1v) is 10.2. The maximum absolute atomic E-state index is 9.96. The minimum atomic E-state index is -1.14. The molecule has 0 spiro atoms. The van der Waals surface area contributed by atoms with Crippen molar-refractivity contribution in [3.8, 4) is 12.1 Å². The second-order valence-corrected chi connectivity index (χ2v) is 7.52. The van der Waals surface area contributed by atoms with E-state index in [0.717, 1.165) is 30.4 Å². The highest BCUT2D eigenvalue weighted by Gasteiger charge is 2.41. The molecule has 144 valence electrons. The van der Waals surface area contributed by atoms with Crippen LogP contribution in [0.25, 0.3) is 6.08 Å². The van der Waals surface area contributed by atoms with E-state index >= 15 is 0 Å². The van der Waals surface area contributed by atoms with Gasteiger partial charge >= 0.3 is 0 Å². The molecule has 0 fully saturated rings. The molecular formula is C27H26N2. The lowest BCUT2D eigenvalue weighted by molar-refractivity contribution is 0.405. The van der Waals surface area contributed by atoms with E-state index < -0.39 is 5.41 Å². The Hall–Kier alpha value is -3.36. The van der Waals surface area contributed by atoms with Gasteiger partial charge in [-0.3, -0.25) is 0 Å². The molecule has 0 saturated carbocycles. The van der Waals surface area contributed by atoms with Gasteiger partial charge in [0, 0.05) is 12.3 Å². The molecule has 0 heterocycles. The van der Waals surface area contributed by atoms with Crippen LogP contribution in [0.2, 0.25) is 0 Å². The molecule has 0 amide bonds. The number of hydrogen-bond donors (Lipinski definition) is 0. The van der Waals surface area contributed by atoms with Crippen LogP contribution >= 0.6 is 0 Å². The number of rotatable bonds is 7. The number of benzene rings is 2. The van der Waals surface area contributed by atoms with Gasteiger partial charge in [-0.05, 0) is 41.9 Å². The Morgan fingerprint density at radius 1 is 1.03 bits per heavy atom. The first-order valence-electron chi connectivity index (χ1n) is 10.2. The Balaban J connectivity index is 2.06. The van der Waals surface area contributed by atoms with E-state index in [4.69, 9.17) is 0 Å². The van der Waals surface area contributed by atoms with Gasteiger partial charge in [-0.25, -0.2) is 0 Å². The Morgan fingerprint density at radius 2 is 1.69 bits per heavy atom. The van der Waals surface area contributed by atoms with Crippen molar-refractivity contribution >= 4 is 6.08 Å². The van der Waals surface area contributed by atoms with E-state index in [-0.39, 0.29) is 11.8 Å². The average Bonchev–Trinajstić information content (AvgIpc) is 2.79. The van der Waals surface area contributed by atoms with Gasteiger partial charge in [0.1, 0.15) is 0 Å². The van der Waals surface area contributed by atoms with Crippen LogP contribution < -0.4 is 0 Å². The molecule has 0 aliphatic heterocycles. The summed E-state index contributed by atoms with van der Waals surface area (Å²) in [6.07, 6.45) is 11.5. The van der Waals surface area contributed by atoms with Crippen molar-refractivity contribution in [1.29, 1.82) is 10.5 Å². The zero-order valence-corrected chi connectivity index (χ0v) is 16.7. The first-order chi connectivity index (χ1) is 14.2. The maximum atomic E-state index is 9.96. The number of nitrogens with zero attached hydrogens (tertiary/aromatic N) is 2. The van der Waals surface area contributed by atoms with Crippen LogP contribution in [-0.2, 0) is 0 Å². The second-order valence-electron chi connectivity index (χ2n) is 7.52. The lowest BCUT2D eigenvalue weighted by atomic mass is 9.65. The highest BCUT2D eigenvalue weighted by atomic mass is 14.5. The van der Waals surface area contributed by atoms with Crippen molar-refractivity contribution in [2.75, 3.05) is 0 Å². The summed E-state index contributed by atoms with van der Waals surface area (Å²) in [5.41, 5.74) is 2.18. The minimum absolute atomic E-state index is 0.105. The molecule has 1 unspecified atom stereocenters. The highest BCUT2D eigenvalue weighted by Crippen LogP contribution is 2.47. The molecule has 3 rings (SSSR count). The molecule has 29 heavy (non-hydrogen) atoms. The monoisotopic (exact) mass is 378 g/mol. The van der Waals surface area contributed by atoms with Crippen LogP contribution in [0.5, 0.6) is 0 Å². The van der Waals surface area contributed by atoms with Crippen LogP contribution in [0.3, 0.4) is 0 Å². The zero-order valence-electron chi connectivity index (χ0n) is 16.7. The molecular weight excluding hydrogens is 352 g/mol. The molecule has 2 nitrogen and oxygen atoms in total. The summed E-state index contributed by atoms with van der Waals surface area (Å²) in [5, 5.41) is 19.9. The number of nitriles is 2. The van der Waals surface area contributed by atoms with E-state index in [0.29, 0.717) is 6.42 Å². The summed E-state index contributed by atoms with van der Waals surface area (Å²) in [6.45, 7) is 3.80. The largest absolute Gasteiger partial charge is 0.196 e. The lowest BCUT2D eigenvalue weighted by Crippen LogP contribution is -2.29. The minimum Gasteiger partial charge on any atom is -0.196 e. The second kappa shape index (κ2) is 9.72. The Labute approximate surface area is 174 Å². The first kappa shape index (κ1) is 20.4. The predicted molar refractivity (Wildman–Crippen MR) is 119 cm³/mol. The summed E-state index contributed by atoms with van der Waals surface area (Å²) < 4.78 is 0. The molecule has 0 bridgehead atoms. The van der Waals surface area contributed by atoms with Crippen molar-refractivity contribution in [2.45, 2.75) is 31.6 Å². The van der Waals surface area contributed by atoms with E-state index in [9.17, 15) is 10.5 Å². The fourth-order valence-corrected chi connectivity index (χ4v) is 4.28. The Kier molecular flexibility index (Phi) is 6.83. The molecule has 0 radical (unpaired) electrons. The van der Waals surface area contributed by atoms with Gasteiger partial charge < -0.3 is 0 Å². The SMILES string of the molecule is C=CCC(C#N)(C#N)C1=CCCCC1[C@@H](/C=C/c1ccccc1)c1ccccc1. The lowest BCUT2D eigenvalue weighted by Gasteiger charge is -2.36. The van der Waals surface area contributed by atoms with Gasteiger partial charge in [-0.15, -0.1) is 6.58 Å². The van der Waals surface area contributed by atoms with E-state index in [1.165, 1.54) is 5.56 Å². The van der Waals surface area contributed by atoms with Crippen LogP contribution in [0.1, 0.15) is 42.7 Å². The van der Waals surface area contributed by atoms with E-state index in [1.54, 1.807) is 6.08 Å². The van der Waals surface area contributed by atoms with Crippen molar-refractivity contribution in [3.63, 3.8) is 0 Å². The third kappa shape index (κ3) is 4.56. The predicted octanol–water partition coefficient (Wildman–Crippen LogP) is 6.82. The van der Waals surface area contributed by atoms with Gasteiger partial charge in [0.15, 0.2) is 5.41 Å². The fourth-order valence-electron chi connectivity index (χ4n) is 4.28. The van der Waals surface area contributed by atoms with E-state index in [1.807, 2.05) is 24.3 Å². The van der Waals surface area contributed by atoms with Crippen molar-refractivity contribution in [1.82, 2.24) is 0 Å². The smallest absolute Gasteiger partial charge is 0.168 e. The number of hydrogen-bond acceptors (Lipinski definition) is 2. The standard InChI is InChI=1S/C27H26N2/c1-2-19-27(20-28,21-29)26-16-10-9-15-25(26)24(23-13-7-4-8-14-23)18-17-22-11-5-3-6-12-22/h2-8,11-14,16-18,24-25H,1,9-10,15,19H2/b18-17+/t24-,25?/m0/s1. The Bertz CT molecular complexity index is 941. The molecule has 0 N–H and O–H groups in total. The van der Waals surface area contributed by atoms with Crippen LogP contribution in [-0.4, -0.2) is 0 Å². The third-order valence-electron chi connectivity index (χ3n) is 5.72. The maximum Gasteiger partial charge on any atom is 0.168 e. The molecule has 1 aliphatic rings. The highest BCUT2D eigenvalue weighted by molar-refractivity contribution is 5.52. The average molecular weight is 379 g/mol. The molecule has 2 atom stereocenters. The molecule has 2 heteroatoms. The van der Waals surface area contributed by atoms with Crippen LogP contribution in [0.15, 0.2) is 91.0 Å². The fraction of sp³-hybridized carbons (Fsp3) is 0.259. The quantitative estimate of drug-likeness (QED) is 0.496. The summed E-state index contributed by atoms with van der Waals surface area (Å²) in [5.74, 6) is 0.221. The molecule has 1 aliphatic carbocycles. The van der Waals surface area contributed by atoms with Crippen molar-refractivity contribution < 1.29 is 0 Å². The van der Waals surface area contributed by atoms with E-state index in [2.05, 4.69) is 73.3 Å². The Morgan fingerprint density at radius 3 is 2.31 bits per heavy atom. The van der Waals surface area contributed by atoms with Gasteiger partial charge in [0.05, 0.1) is 12.1 Å². The van der Waals surface area contributed by atoms with Gasteiger partial charge in [-0.1, -0.05) is 85.0 Å². The summed E-state index contributed by atoms with van der Waals surface area (Å²) >= 11 is 0. The van der Waals surface area contributed by atoms with Crippen LogP contribution in [0.4, 0.5) is 0 Å². The molecule has 2 aromatic rings. The van der Waals surface area contributed by atoms with Crippen molar-refractivity contribution in [2.24, 2.45) is 11.3 Å². The summed E-state index contributed by atoms with van der Waals surface area (Å²) in [7, 11) is 0. The van der Waals surface area contributed by atoms with Gasteiger partial charge in [-0.2, -0.15) is 10.5 Å². The summed E-state index contributed by atoms with van der Waals surface area (Å²) in [6, 6.07) is 25.3. The third-order valence-corrected chi connectivity index (χ3v) is 5.72. The number of allylic oxidation sites excluding steroid dienone is 4. The molecule has 0 saturated heterocycles. The zero-order chi connectivity index (χ0) is 20.5.